The number of fused-ring (bicyclic) bond motifs is 6. The normalized spacial score (nSPS) is 11.5. The maximum absolute atomic E-state index is 6.75. The van der Waals surface area contributed by atoms with E-state index in [9.17, 15) is 0 Å². The molecule has 3 heteroatoms. The molecule has 0 aliphatic carbocycles. The highest BCUT2D eigenvalue weighted by molar-refractivity contribution is 6.13. The fourth-order valence-corrected chi connectivity index (χ4v) is 8.70. The van der Waals surface area contributed by atoms with Crippen LogP contribution in [0.1, 0.15) is 0 Å². The van der Waals surface area contributed by atoms with Gasteiger partial charge in [0.05, 0.1) is 28.1 Å². The number of aromatic nitrogens is 1. The number of nitrogens with zero attached hydrogens (tertiary/aromatic N) is 2. The third-order valence-corrected chi connectivity index (χ3v) is 11.2. The van der Waals surface area contributed by atoms with E-state index in [1.807, 2.05) is 6.07 Å². The molecule has 0 fully saturated rings. The molecule has 3 nitrogen and oxygen atoms in total. The minimum Gasteiger partial charge on any atom is -0.454 e. The highest BCUT2D eigenvalue weighted by atomic mass is 16.3. The topological polar surface area (TPSA) is 21.3 Å². The SMILES string of the molecule is c1ccc(-c2ccccc2N(c2ccc3c4ccccc4n(-c4cccc(-c5ccccc5)c4-c4ccccc4)c3c2)c2cccc3c2oc2ccccc23)cc1. The van der Waals surface area contributed by atoms with Gasteiger partial charge in [0.25, 0.3) is 0 Å². The summed E-state index contributed by atoms with van der Waals surface area (Å²) in [5, 5.41) is 4.59. The average molecular weight is 729 g/mol. The average Bonchev–Trinajstić information content (AvgIpc) is 3.83. The van der Waals surface area contributed by atoms with Crippen molar-refractivity contribution in [1.82, 2.24) is 4.57 Å². The molecule has 0 amide bonds. The van der Waals surface area contributed by atoms with Crippen LogP contribution in [0.5, 0.6) is 0 Å². The predicted octanol–water partition coefficient (Wildman–Crippen LogP) is 15.2. The van der Waals surface area contributed by atoms with E-state index in [1.54, 1.807) is 0 Å². The van der Waals surface area contributed by atoms with Crippen molar-refractivity contribution in [3.8, 4) is 39.1 Å². The van der Waals surface area contributed by atoms with Crippen LogP contribution in [0.2, 0.25) is 0 Å². The molecule has 0 saturated carbocycles. The smallest absolute Gasteiger partial charge is 0.159 e. The molecule has 0 aliphatic heterocycles. The Morgan fingerprint density at radius 1 is 0.368 bits per heavy atom. The molecule has 0 atom stereocenters. The van der Waals surface area contributed by atoms with Gasteiger partial charge in [-0.2, -0.15) is 0 Å². The van der Waals surface area contributed by atoms with E-state index in [1.165, 1.54) is 33.0 Å². The van der Waals surface area contributed by atoms with Gasteiger partial charge in [-0.25, -0.2) is 0 Å². The Morgan fingerprint density at radius 2 is 0.930 bits per heavy atom. The summed E-state index contributed by atoms with van der Waals surface area (Å²) in [6.07, 6.45) is 0. The lowest BCUT2D eigenvalue weighted by atomic mass is 9.93. The Labute approximate surface area is 330 Å². The lowest BCUT2D eigenvalue weighted by molar-refractivity contribution is 0.669. The van der Waals surface area contributed by atoms with Gasteiger partial charge in [-0.1, -0.05) is 176 Å². The van der Waals surface area contributed by atoms with E-state index in [-0.39, 0.29) is 0 Å². The first-order valence-corrected chi connectivity index (χ1v) is 19.4. The molecule has 0 N–H and O–H groups in total. The fourth-order valence-electron chi connectivity index (χ4n) is 8.70. The molecule has 11 rings (SSSR count). The molecule has 0 saturated heterocycles. The van der Waals surface area contributed by atoms with Gasteiger partial charge in [0.15, 0.2) is 5.58 Å². The molecule has 0 unspecified atom stereocenters. The van der Waals surface area contributed by atoms with Gasteiger partial charge in [0, 0.05) is 38.4 Å². The van der Waals surface area contributed by atoms with Crippen LogP contribution in [-0.2, 0) is 0 Å². The Morgan fingerprint density at radius 3 is 1.72 bits per heavy atom. The quantitative estimate of drug-likeness (QED) is 0.163. The van der Waals surface area contributed by atoms with Crippen molar-refractivity contribution in [3.05, 3.63) is 218 Å². The van der Waals surface area contributed by atoms with Gasteiger partial charge in [-0.15, -0.1) is 0 Å². The van der Waals surface area contributed by atoms with Crippen molar-refractivity contribution < 1.29 is 4.42 Å². The minimum absolute atomic E-state index is 0.851. The predicted molar refractivity (Wildman–Crippen MR) is 239 cm³/mol. The van der Waals surface area contributed by atoms with Crippen molar-refractivity contribution in [2.24, 2.45) is 0 Å². The number of para-hydroxylation sites is 4. The summed E-state index contributed by atoms with van der Waals surface area (Å²) >= 11 is 0. The number of rotatable bonds is 7. The van der Waals surface area contributed by atoms with E-state index in [0.717, 1.165) is 66.8 Å². The zero-order chi connectivity index (χ0) is 37.7. The van der Waals surface area contributed by atoms with Gasteiger partial charge >= 0.3 is 0 Å². The van der Waals surface area contributed by atoms with Crippen molar-refractivity contribution in [2.75, 3.05) is 4.90 Å². The van der Waals surface area contributed by atoms with Gasteiger partial charge < -0.3 is 13.9 Å². The Hall–Kier alpha value is -7.62. The van der Waals surface area contributed by atoms with E-state index >= 15 is 0 Å². The van der Waals surface area contributed by atoms with Crippen molar-refractivity contribution >= 4 is 60.8 Å². The molecule has 0 bridgehead atoms. The molecule has 268 valence electrons. The first kappa shape index (κ1) is 32.8. The van der Waals surface area contributed by atoms with Crippen LogP contribution < -0.4 is 4.90 Å². The summed E-state index contributed by atoms with van der Waals surface area (Å²) in [5.41, 5.74) is 15.2. The van der Waals surface area contributed by atoms with E-state index in [0.29, 0.717) is 0 Å². The Kier molecular flexibility index (Phi) is 7.82. The van der Waals surface area contributed by atoms with Crippen molar-refractivity contribution in [3.63, 3.8) is 0 Å². The first-order chi connectivity index (χ1) is 28.3. The first-order valence-electron chi connectivity index (χ1n) is 19.4. The molecule has 0 radical (unpaired) electrons. The monoisotopic (exact) mass is 728 g/mol. The molecule has 0 aliphatic rings. The largest absolute Gasteiger partial charge is 0.454 e. The van der Waals surface area contributed by atoms with Crippen molar-refractivity contribution in [2.45, 2.75) is 0 Å². The second-order valence-electron chi connectivity index (χ2n) is 14.5. The molecule has 2 heterocycles. The van der Waals surface area contributed by atoms with Gasteiger partial charge in [-0.05, 0) is 64.7 Å². The highest BCUT2D eigenvalue weighted by Crippen LogP contribution is 2.47. The van der Waals surface area contributed by atoms with Crippen LogP contribution in [0.25, 0.3) is 82.8 Å². The lowest BCUT2D eigenvalue weighted by Crippen LogP contribution is -2.11. The number of hydrogen-bond donors (Lipinski definition) is 0. The van der Waals surface area contributed by atoms with Crippen LogP contribution in [0, 0.1) is 0 Å². The van der Waals surface area contributed by atoms with E-state index < -0.39 is 0 Å². The highest BCUT2D eigenvalue weighted by Gasteiger charge is 2.24. The summed E-state index contributed by atoms with van der Waals surface area (Å²) in [4.78, 5) is 2.38. The second kappa shape index (κ2) is 13.6. The zero-order valence-corrected chi connectivity index (χ0v) is 31.1. The van der Waals surface area contributed by atoms with E-state index in [4.69, 9.17) is 4.42 Å². The van der Waals surface area contributed by atoms with E-state index in [2.05, 4.69) is 222 Å². The molecule has 11 aromatic rings. The zero-order valence-electron chi connectivity index (χ0n) is 31.1. The fraction of sp³-hybridized carbons (Fsp3) is 0. The summed E-state index contributed by atoms with van der Waals surface area (Å²) in [6, 6.07) is 78.1. The summed E-state index contributed by atoms with van der Waals surface area (Å²) < 4.78 is 9.22. The molecular weight excluding hydrogens is 693 g/mol. The Balaban J connectivity index is 1.23. The van der Waals surface area contributed by atoms with Gasteiger partial charge in [-0.3, -0.25) is 0 Å². The minimum atomic E-state index is 0.851. The van der Waals surface area contributed by atoms with Gasteiger partial charge in [0.1, 0.15) is 5.58 Å². The van der Waals surface area contributed by atoms with Crippen LogP contribution in [0.15, 0.2) is 223 Å². The molecule has 0 spiro atoms. The van der Waals surface area contributed by atoms with Gasteiger partial charge in [0.2, 0.25) is 0 Å². The number of hydrogen-bond acceptors (Lipinski definition) is 2. The molecule has 57 heavy (non-hydrogen) atoms. The summed E-state index contributed by atoms with van der Waals surface area (Å²) in [6.45, 7) is 0. The molecule has 9 aromatic carbocycles. The number of anilines is 3. The molecular formula is C54H36N2O. The number of benzene rings is 9. The van der Waals surface area contributed by atoms with Crippen LogP contribution in [-0.4, -0.2) is 4.57 Å². The summed E-state index contributed by atoms with van der Waals surface area (Å²) in [7, 11) is 0. The molecule has 2 aromatic heterocycles. The third-order valence-electron chi connectivity index (χ3n) is 11.2. The van der Waals surface area contributed by atoms with Crippen molar-refractivity contribution in [1.29, 1.82) is 0 Å². The van der Waals surface area contributed by atoms with Crippen LogP contribution in [0.4, 0.5) is 17.1 Å². The third kappa shape index (κ3) is 5.43. The Bertz CT molecular complexity index is 3230. The standard InChI is InChI=1S/C54H36N2O/c1-4-18-37(19-5-1)41-24-10-13-29-47(41)55(50-32-17-28-46-45-26-12-15-33-52(45)57-54(46)50)40-34-35-44-43-25-11-14-30-48(43)56(51(44)36-40)49-31-16-27-42(38-20-6-2-7-21-38)53(49)39-22-8-3-9-23-39/h1-36H. The second-order valence-corrected chi connectivity index (χ2v) is 14.5. The summed E-state index contributed by atoms with van der Waals surface area (Å²) in [5.74, 6) is 0. The van der Waals surface area contributed by atoms with Crippen LogP contribution >= 0.6 is 0 Å². The van der Waals surface area contributed by atoms with Crippen LogP contribution in [0.3, 0.4) is 0 Å². The lowest BCUT2D eigenvalue weighted by Gasteiger charge is -2.28. The maximum Gasteiger partial charge on any atom is 0.159 e. The maximum atomic E-state index is 6.75. The number of furan rings is 1.